The number of benzene rings is 2. The Kier molecular flexibility index (Phi) is 6.81. The number of rotatable bonds is 7. The van der Waals surface area contributed by atoms with E-state index in [-0.39, 0.29) is 22.1 Å². The summed E-state index contributed by atoms with van der Waals surface area (Å²) in [6.45, 7) is 1.26. The van der Waals surface area contributed by atoms with E-state index in [1.807, 2.05) is 0 Å². The van der Waals surface area contributed by atoms with Gasteiger partial charge in [0.15, 0.2) is 11.5 Å². The summed E-state index contributed by atoms with van der Waals surface area (Å²) >= 11 is 3.24. The van der Waals surface area contributed by atoms with Gasteiger partial charge in [0.25, 0.3) is 10.0 Å². The molecule has 0 heterocycles. The molecule has 0 aromatic heterocycles. The van der Waals surface area contributed by atoms with Crippen molar-refractivity contribution in [3.8, 4) is 17.2 Å². The first-order valence-corrected chi connectivity index (χ1v) is 9.79. The first kappa shape index (κ1) is 20.7. The monoisotopic (exact) mass is 456 g/mol. The Hall–Kier alpha value is -2.59. The molecule has 0 aliphatic rings. The molecule has 0 spiro atoms. The summed E-state index contributed by atoms with van der Waals surface area (Å²) in [6, 6.07) is 9.17. The summed E-state index contributed by atoms with van der Waals surface area (Å²) in [5.74, 6) is 0.0684. The summed E-state index contributed by atoms with van der Waals surface area (Å²) in [6.07, 6.45) is 1.28. The fourth-order valence-electron chi connectivity index (χ4n) is 2.06. The number of carbonyl (C=O) groups is 1. The molecule has 0 bridgehead atoms. The molecule has 0 unspecified atom stereocenters. The number of halogens is 1. The molecule has 2 rings (SSSR count). The maximum absolute atomic E-state index is 12.2. The normalized spacial score (nSPS) is 11.3. The average molecular weight is 457 g/mol. The lowest BCUT2D eigenvalue weighted by atomic mass is 10.2. The van der Waals surface area contributed by atoms with Crippen LogP contribution in [-0.4, -0.2) is 34.8 Å². The molecule has 0 aliphatic heterocycles. The van der Waals surface area contributed by atoms with Crippen molar-refractivity contribution in [2.75, 3.05) is 14.2 Å². The molecule has 0 aliphatic carbocycles. The van der Waals surface area contributed by atoms with Crippen LogP contribution in [0.1, 0.15) is 12.5 Å². The minimum atomic E-state index is -3.80. The van der Waals surface area contributed by atoms with Crippen LogP contribution in [0.4, 0.5) is 0 Å². The Morgan fingerprint density at radius 3 is 2.15 bits per heavy atom. The summed E-state index contributed by atoms with van der Waals surface area (Å²) in [7, 11) is -1.000. The molecule has 0 saturated carbocycles. The Morgan fingerprint density at radius 2 is 1.67 bits per heavy atom. The Morgan fingerprint density at radius 1 is 1.11 bits per heavy atom. The van der Waals surface area contributed by atoms with E-state index in [4.69, 9.17) is 14.2 Å². The molecule has 0 saturated heterocycles. The van der Waals surface area contributed by atoms with Gasteiger partial charge in [-0.3, -0.25) is 4.79 Å². The molecule has 10 heteroatoms. The van der Waals surface area contributed by atoms with Crippen LogP contribution in [0.3, 0.4) is 0 Å². The molecular formula is C17H17BrN2O6S. The van der Waals surface area contributed by atoms with Crippen molar-refractivity contribution in [2.45, 2.75) is 11.8 Å². The third kappa shape index (κ3) is 5.44. The standard InChI is InChI=1S/C17H17BrN2O6S/c1-11(21)26-17-15(24-2)8-12(9-16(17)25-3)10-19-20-27(22,23)14-6-4-13(18)5-7-14/h4-10,20H,1-3H3. The second kappa shape index (κ2) is 8.87. The van der Waals surface area contributed by atoms with E-state index < -0.39 is 16.0 Å². The van der Waals surface area contributed by atoms with Gasteiger partial charge in [-0.05, 0) is 36.4 Å². The van der Waals surface area contributed by atoms with Crippen molar-refractivity contribution in [3.63, 3.8) is 0 Å². The number of sulfonamides is 1. The summed E-state index contributed by atoms with van der Waals surface area (Å²) in [5, 5.41) is 3.76. The van der Waals surface area contributed by atoms with Crippen molar-refractivity contribution in [3.05, 3.63) is 46.4 Å². The van der Waals surface area contributed by atoms with E-state index in [2.05, 4.69) is 25.9 Å². The molecule has 0 fully saturated rings. The van der Waals surface area contributed by atoms with E-state index in [0.717, 1.165) is 4.47 Å². The zero-order chi connectivity index (χ0) is 20.0. The lowest BCUT2D eigenvalue weighted by Crippen LogP contribution is -2.18. The third-order valence-corrected chi connectivity index (χ3v) is 5.01. The van der Waals surface area contributed by atoms with Crippen molar-refractivity contribution in [1.29, 1.82) is 0 Å². The first-order valence-electron chi connectivity index (χ1n) is 7.51. The quantitative estimate of drug-likeness (QED) is 0.297. The lowest BCUT2D eigenvalue weighted by Gasteiger charge is -2.13. The summed E-state index contributed by atoms with van der Waals surface area (Å²) in [5.41, 5.74) is 0.470. The van der Waals surface area contributed by atoms with Crippen LogP contribution >= 0.6 is 15.9 Å². The molecule has 8 nitrogen and oxygen atoms in total. The van der Waals surface area contributed by atoms with Gasteiger partial charge in [0.1, 0.15) is 0 Å². The predicted molar refractivity (Wildman–Crippen MR) is 103 cm³/mol. The second-order valence-corrected chi connectivity index (χ2v) is 7.73. The van der Waals surface area contributed by atoms with E-state index in [1.165, 1.54) is 51.6 Å². The van der Waals surface area contributed by atoms with Gasteiger partial charge in [0.05, 0.1) is 25.3 Å². The van der Waals surface area contributed by atoms with Gasteiger partial charge in [-0.15, -0.1) is 0 Å². The van der Waals surface area contributed by atoms with Gasteiger partial charge in [0, 0.05) is 17.0 Å². The molecule has 0 atom stereocenters. The van der Waals surface area contributed by atoms with Gasteiger partial charge in [-0.25, -0.2) is 4.83 Å². The summed E-state index contributed by atoms with van der Waals surface area (Å²) < 4.78 is 40.7. The van der Waals surface area contributed by atoms with Crippen LogP contribution in [-0.2, 0) is 14.8 Å². The zero-order valence-electron chi connectivity index (χ0n) is 14.7. The fraction of sp³-hybridized carbons (Fsp3) is 0.176. The fourth-order valence-corrected chi connectivity index (χ4v) is 3.11. The van der Waals surface area contributed by atoms with E-state index in [1.54, 1.807) is 12.1 Å². The highest BCUT2D eigenvalue weighted by Gasteiger charge is 2.16. The van der Waals surface area contributed by atoms with Crippen molar-refractivity contribution < 1.29 is 27.4 Å². The van der Waals surface area contributed by atoms with Crippen LogP contribution < -0.4 is 19.0 Å². The molecule has 1 N–H and O–H groups in total. The lowest BCUT2D eigenvalue weighted by molar-refractivity contribution is -0.132. The van der Waals surface area contributed by atoms with Crippen molar-refractivity contribution >= 4 is 38.1 Å². The van der Waals surface area contributed by atoms with E-state index >= 15 is 0 Å². The number of hydrogen-bond donors (Lipinski definition) is 1. The molecule has 0 amide bonds. The van der Waals surface area contributed by atoms with Crippen LogP contribution in [0.25, 0.3) is 0 Å². The van der Waals surface area contributed by atoms with Crippen LogP contribution in [0.2, 0.25) is 0 Å². The summed E-state index contributed by atoms with van der Waals surface area (Å²) in [4.78, 5) is 13.4. The topological polar surface area (TPSA) is 103 Å². The number of ether oxygens (including phenoxy) is 3. The highest BCUT2D eigenvalue weighted by Crippen LogP contribution is 2.38. The molecular weight excluding hydrogens is 440 g/mol. The van der Waals surface area contributed by atoms with Crippen LogP contribution in [0.5, 0.6) is 17.2 Å². The molecule has 27 heavy (non-hydrogen) atoms. The maximum atomic E-state index is 12.2. The van der Waals surface area contributed by atoms with Crippen molar-refractivity contribution in [2.24, 2.45) is 5.10 Å². The number of carbonyl (C=O) groups excluding carboxylic acids is 1. The number of hydrogen-bond acceptors (Lipinski definition) is 7. The van der Waals surface area contributed by atoms with Gasteiger partial charge < -0.3 is 14.2 Å². The Bertz CT molecular complexity index is 933. The molecule has 0 radical (unpaired) electrons. The largest absolute Gasteiger partial charge is 0.493 e. The zero-order valence-corrected chi connectivity index (χ0v) is 17.1. The maximum Gasteiger partial charge on any atom is 0.308 e. The highest BCUT2D eigenvalue weighted by molar-refractivity contribution is 9.10. The third-order valence-electron chi connectivity index (χ3n) is 3.24. The van der Waals surface area contributed by atoms with Crippen molar-refractivity contribution in [1.82, 2.24) is 4.83 Å². The van der Waals surface area contributed by atoms with E-state index in [9.17, 15) is 13.2 Å². The number of methoxy groups -OCH3 is 2. The molecule has 2 aromatic carbocycles. The number of nitrogens with zero attached hydrogens (tertiary/aromatic N) is 1. The average Bonchev–Trinajstić information content (AvgIpc) is 2.62. The number of esters is 1. The molecule has 2 aromatic rings. The van der Waals surface area contributed by atoms with Crippen LogP contribution in [0, 0.1) is 0 Å². The minimum Gasteiger partial charge on any atom is -0.493 e. The smallest absolute Gasteiger partial charge is 0.308 e. The first-order chi connectivity index (χ1) is 12.8. The van der Waals surface area contributed by atoms with Crippen LogP contribution in [0.15, 0.2) is 50.9 Å². The Balaban J connectivity index is 2.26. The van der Waals surface area contributed by atoms with Gasteiger partial charge in [-0.1, -0.05) is 15.9 Å². The number of hydrazone groups is 1. The SMILES string of the molecule is COc1cc(C=NNS(=O)(=O)c2ccc(Br)cc2)cc(OC)c1OC(C)=O. The predicted octanol–water partition coefficient (Wildman–Crippen LogP) is 2.70. The molecule has 144 valence electrons. The van der Waals surface area contributed by atoms with E-state index in [0.29, 0.717) is 5.56 Å². The van der Waals surface area contributed by atoms with Gasteiger partial charge >= 0.3 is 5.97 Å². The van der Waals surface area contributed by atoms with Gasteiger partial charge in [0.2, 0.25) is 5.75 Å². The number of nitrogens with one attached hydrogen (secondary N) is 1. The highest BCUT2D eigenvalue weighted by atomic mass is 79.9. The van der Waals surface area contributed by atoms with Gasteiger partial charge in [-0.2, -0.15) is 13.5 Å². The minimum absolute atomic E-state index is 0.0724. The Labute approximate surface area is 165 Å². The second-order valence-electron chi connectivity index (χ2n) is 5.16.